The average Bonchev–Trinajstić information content (AvgIpc) is 3.06. The second-order valence-electron chi connectivity index (χ2n) is 4.38. The van der Waals surface area contributed by atoms with Crippen molar-refractivity contribution in [1.82, 2.24) is 10.5 Å². The van der Waals surface area contributed by atoms with Crippen molar-refractivity contribution >= 4 is 35.6 Å². The summed E-state index contributed by atoms with van der Waals surface area (Å²) in [5, 5.41) is 10.2. The van der Waals surface area contributed by atoms with Gasteiger partial charge in [0.2, 0.25) is 0 Å². The first kappa shape index (κ1) is 19.1. The van der Waals surface area contributed by atoms with Gasteiger partial charge in [0.05, 0.1) is 20.8 Å². The molecule has 126 valence electrons. The van der Waals surface area contributed by atoms with Gasteiger partial charge in [-0.1, -0.05) is 5.16 Å². The molecule has 0 amide bonds. The van der Waals surface area contributed by atoms with Crippen molar-refractivity contribution in [2.45, 2.75) is 13.5 Å². The third kappa shape index (κ3) is 5.62. The lowest BCUT2D eigenvalue weighted by Crippen LogP contribution is -2.30. The predicted octanol–water partition coefficient (Wildman–Crippen LogP) is 2.89. The Morgan fingerprint density at radius 1 is 1.22 bits per heavy atom. The molecule has 0 aliphatic carbocycles. The lowest BCUT2D eigenvalue weighted by molar-refractivity contribution is 0.355. The van der Waals surface area contributed by atoms with E-state index in [-0.39, 0.29) is 24.0 Å². The van der Waals surface area contributed by atoms with Crippen LogP contribution < -0.4 is 20.1 Å². The van der Waals surface area contributed by atoms with E-state index in [0.29, 0.717) is 24.0 Å². The lowest BCUT2D eigenvalue weighted by atomic mass is 10.3. The van der Waals surface area contributed by atoms with Gasteiger partial charge in [0, 0.05) is 24.4 Å². The Morgan fingerprint density at radius 2 is 2.00 bits per heavy atom. The standard InChI is InChI=1S/C15H20N4O3.HI/c1-4-16-15(17-10-12-7-8-22-19-12)18-11-5-6-13(20-2)14(9-11)21-3;/h5-9H,4,10H2,1-3H3,(H2,16,17,18);1H. The second-order valence-corrected chi connectivity index (χ2v) is 4.38. The molecule has 0 fully saturated rings. The molecule has 1 heterocycles. The molecule has 0 radical (unpaired) electrons. The van der Waals surface area contributed by atoms with Crippen molar-refractivity contribution in [3.05, 3.63) is 36.2 Å². The molecule has 2 aromatic rings. The molecule has 0 spiro atoms. The number of aliphatic imine (C=N–C) groups is 1. The van der Waals surface area contributed by atoms with Crippen molar-refractivity contribution in [1.29, 1.82) is 0 Å². The molecule has 0 aliphatic heterocycles. The van der Waals surface area contributed by atoms with Crippen LogP contribution in [0.1, 0.15) is 12.6 Å². The number of hydrogen-bond donors (Lipinski definition) is 2. The third-order valence-corrected chi connectivity index (χ3v) is 2.88. The highest BCUT2D eigenvalue weighted by molar-refractivity contribution is 14.0. The van der Waals surface area contributed by atoms with E-state index in [2.05, 4.69) is 20.8 Å². The van der Waals surface area contributed by atoms with Crippen molar-refractivity contribution in [3.8, 4) is 11.5 Å². The lowest BCUT2D eigenvalue weighted by Gasteiger charge is -2.13. The van der Waals surface area contributed by atoms with E-state index in [1.165, 1.54) is 6.26 Å². The van der Waals surface area contributed by atoms with E-state index in [9.17, 15) is 0 Å². The van der Waals surface area contributed by atoms with Gasteiger partial charge in [-0.05, 0) is 19.1 Å². The van der Waals surface area contributed by atoms with E-state index in [0.717, 1.165) is 17.9 Å². The molecule has 23 heavy (non-hydrogen) atoms. The fourth-order valence-corrected chi connectivity index (χ4v) is 1.84. The molecule has 2 rings (SSSR count). The Kier molecular flexibility index (Phi) is 8.23. The molecule has 2 N–H and O–H groups in total. The average molecular weight is 432 g/mol. The summed E-state index contributed by atoms with van der Waals surface area (Å²) in [5.74, 6) is 1.98. The van der Waals surface area contributed by atoms with Crippen LogP contribution in [0.4, 0.5) is 5.69 Å². The monoisotopic (exact) mass is 432 g/mol. The maximum absolute atomic E-state index is 5.29. The van der Waals surface area contributed by atoms with Crippen LogP contribution in [0.3, 0.4) is 0 Å². The Hall–Kier alpha value is -1.97. The van der Waals surface area contributed by atoms with Crippen molar-refractivity contribution < 1.29 is 14.0 Å². The minimum Gasteiger partial charge on any atom is -0.493 e. The predicted molar refractivity (Wildman–Crippen MR) is 99.9 cm³/mol. The Morgan fingerprint density at radius 3 is 2.61 bits per heavy atom. The van der Waals surface area contributed by atoms with Crippen molar-refractivity contribution in [2.24, 2.45) is 4.99 Å². The first-order chi connectivity index (χ1) is 10.8. The van der Waals surface area contributed by atoms with E-state index in [1.54, 1.807) is 20.3 Å². The van der Waals surface area contributed by atoms with E-state index in [1.807, 2.05) is 25.1 Å². The highest BCUT2D eigenvalue weighted by atomic mass is 127. The zero-order valence-corrected chi connectivity index (χ0v) is 15.7. The molecule has 0 saturated carbocycles. The summed E-state index contributed by atoms with van der Waals surface area (Å²) >= 11 is 0. The van der Waals surface area contributed by atoms with Crippen LogP contribution in [0.25, 0.3) is 0 Å². The van der Waals surface area contributed by atoms with Gasteiger partial charge in [-0.3, -0.25) is 0 Å². The molecule has 0 bridgehead atoms. The van der Waals surface area contributed by atoms with Gasteiger partial charge >= 0.3 is 0 Å². The first-order valence-corrected chi connectivity index (χ1v) is 6.93. The topological polar surface area (TPSA) is 80.9 Å². The van der Waals surface area contributed by atoms with Crippen LogP contribution in [0.5, 0.6) is 11.5 Å². The second kappa shape index (κ2) is 9.93. The summed E-state index contributed by atoms with van der Waals surface area (Å²) in [6.45, 7) is 3.18. The number of halogens is 1. The van der Waals surface area contributed by atoms with E-state index >= 15 is 0 Å². The number of rotatable bonds is 6. The molecule has 1 aromatic heterocycles. The summed E-state index contributed by atoms with van der Waals surface area (Å²) in [7, 11) is 3.21. The number of aromatic nitrogens is 1. The minimum atomic E-state index is 0. The number of ether oxygens (including phenoxy) is 2. The number of anilines is 1. The first-order valence-electron chi connectivity index (χ1n) is 6.93. The van der Waals surface area contributed by atoms with Crippen LogP contribution in [0, 0.1) is 0 Å². The van der Waals surface area contributed by atoms with Crippen LogP contribution in [-0.4, -0.2) is 31.9 Å². The Labute approximate surface area is 152 Å². The molecule has 0 saturated heterocycles. The van der Waals surface area contributed by atoms with Gasteiger partial charge in [-0.25, -0.2) is 4.99 Å². The van der Waals surface area contributed by atoms with Crippen LogP contribution in [0.15, 0.2) is 40.0 Å². The zero-order valence-electron chi connectivity index (χ0n) is 13.3. The maximum atomic E-state index is 5.29. The molecule has 7 nitrogen and oxygen atoms in total. The summed E-state index contributed by atoms with van der Waals surface area (Å²) in [5.41, 5.74) is 1.61. The quantitative estimate of drug-likeness (QED) is 0.415. The minimum absolute atomic E-state index is 0. The largest absolute Gasteiger partial charge is 0.493 e. The van der Waals surface area contributed by atoms with Gasteiger partial charge in [0.1, 0.15) is 12.0 Å². The summed E-state index contributed by atoms with van der Waals surface area (Å²) in [6, 6.07) is 7.36. The van der Waals surface area contributed by atoms with Gasteiger partial charge < -0.3 is 24.6 Å². The van der Waals surface area contributed by atoms with E-state index < -0.39 is 0 Å². The highest BCUT2D eigenvalue weighted by Crippen LogP contribution is 2.29. The Bertz CT molecular complexity index is 617. The summed E-state index contributed by atoms with van der Waals surface area (Å²) < 4.78 is 15.3. The molecular weight excluding hydrogens is 411 g/mol. The fraction of sp³-hybridized carbons (Fsp3) is 0.333. The van der Waals surface area contributed by atoms with Crippen LogP contribution >= 0.6 is 24.0 Å². The SMILES string of the molecule is CCNC(=NCc1ccon1)Nc1ccc(OC)c(OC)c1.I. The summed E-state index contributed by atoms with van der Waals surface area (Å²) in [6.07, 6.45) is 1.53. The number of guanidine groups is 1. The van der Waals surface area contributed by atoms with Crippen molar-refractivity contribution in [2.75, 3.05) is 26.1 Å². The normalized spacial score (nSPS) is 10.7. The van der Waals surface area contributed by atoms with Gasteiger partial charge in [-0.2, -0.15) is 0 Å². The van der Waals surface area contributed by atoms with Gasteiger partial charge in [0.25, 0.3) is 0 Å². The van der Waals surface area contributed by atoms with Gasteiger partial charge in [0.15, 0.2) is 17.5 Å². The molecule has 8 heteroatoms. The number of benzene rings is 1. The van der Waals surface area contributed by atoms with Gasteiger partial charge in [-0.15, -0.1) is 24.0 Å². The fourth-order valence-electron chi connectivity index (χ4n) is 1.84. The highest BCUT2D eigenvalue weighted by Gasteiger charge is 2.06. The smallest absolute Gasteiger partial charge is 0.196 e. The van der Waals surface area contributed by atoms with Crippen molar-refractivity contribution in [3.63, 3.8) is 0 Å². The molecular formula is C15H21IN4O3. The maximum Gasteiger partial charge on any atom is 0.196 e. The molecule has 0 unspecified atom stereocenters. The number of hydrogen-bond acceptors (Lipinski definition) is 5. The molecule has 1 aromatic carbocycles. The van der Waals surface area contributed by atoms with E-state index in [4.69, 9.17) is 14.0 Å². The zero-order chi connectivity index (χ0) is 15.8. The summed E-state index contributed by atoms with van der Waals surface area (Å²) in [4.78, 5) is 4.45. The van der Waals surface area contributed by atoms with Crippen LogP contribution in [-0.2, 0) is 6.54 Å². The number of nitrogens with one attached hydrogen (secondary N) is 2. The number of methoxy groups -OCH3 is 2. The number of nitrogens with zero attached hydrogens (tertiary/aromatic N) is 2. The Balaban J connectivity index is 0.00000264. The molecule has 0 aliphatic rings. The molecule has 0 atom stereocenters. The third-order valence-electron chi connectivity index (χ3n) is 2.88. The van der Waals surface area contributed by atoms with Crippen LogP contribution in [0.2, 0.25) is 0 Å².